The number of H-pyrrole nitrogens is 1. The zero-order valence-corrected chi connectivity index (χ0v) is 11.2. The summed E-state index contributed by atoms with van der Waals surface area (Å²) in [4.78, 5) is 14.1. The number of carbonyl (C=O) groups is 1. The monoisotopic (exact) mass is 255 g/mol. The zero-order chi connectivity index (χ0) is 13.4. The Kier molecular flexibility index (Phi) is 2.85. The number of nitrogens with one attached hydrogen (secondary N) is 1. The number of ketones is 1. The number of aryl methyl sites for hydroxylation is 1. The van der Waals surface area contributed by atoms with Crippen molar-refractivity contribution in [2.24, 2.45) is 0 Å². The molecular weight excluding hydrogens is 238 g/mol. The maximum Gasteiger partial charge on any atom is 0.166 e. The van der Waals surface area contributed by atoms with E-state index in [1.165, 1.54) is 0 Å². The molecule has 2 aromatic rings. The van der Waals surface area contributed by atoms with Crippen LogP contribution in [0.3, 0.4) is 0 Å². The van der Waals surface area contributed by atoms with Crippen molar-refractivity contribution in [2.45, 2.75) is 19.3 Å². The molecule has 0 saturated heterocycles. The van der Waals surface area contributed by atoms with Gasteiger partial charge in [-0.15, -0.1) is 0 Å². The maximum absolute atomic E-state index is 12.0. The summed E-state index contributed by atoms with van der Waals surface area (Å²) in [5.41, 5.74) is 4.72. The molecular formula is C15H17N3O. The Morgan fingerprint density at radius 3 is 2.58 bits per heavy atom. The number of aromatic nitrogens is 2. The Hall–Kier alpha value is -2.10. The number of rotatable bonds is 2. The largest absolute Gasteiger partial charge is 0.378 e. The maximum atomic E-state index is 12.0. The Labute approximate surface area is 112 Å². The molecule has 1 aromatic carbocycles. The Morgan fingerprint density at radius 2 is 1.89 bits per heavy atom. The van der Waals surface area contributed by atoms with Gasteiger partial charge >= 0.3 is 0 Å². The van der Waals surface area contributed by atoms with Gasteiger partial charge in [-0.05, 0) is 25.0 Å². The number of fused-ring (bicyclic) bond motifs is 1. The van der Waals surface area contributed by atoms with Gasteiger partial charge in [-0.2, -0.15) is 5.10 Å². The second-order valence-electron chi connectivity index (χ2n) is 5.14. The van der Waals surface area contributed by atoms with Crippen LogP contribution in [0.25, 0.3) is 11.3 Å². The molecule has 3 rings (SSSR count). The van der Waals surface area contributed by atoms with Crippen molar-refractivity contribution in [2.75, 3.05) is 19.0 Å². The highest BCUT2D eigenvalue weighted by atomic mass is 16.1. The van der Waals surface area contributed by atoms with Crippen LogP contribution < -0.4 is 4.90 Å². The van der Waals surface area contributed by atoms with Gasteiger partial charge in [0.25, 0.3) is 0 Å². The van der Waals surface area contributed by atoms with Crippen LogP contribution >= 0.6 is 0 Å². The van der Waals surface area contributed by atoms with E-state index in [1.807, 2.05) is 38.4 Å². The third-order valence-corrected chi connectivity index (χ3v) is 3.61. The van der Waals surface area contributed by atoms with Gasteiger partial charge in [0.2, 0.25) is 0 Å². The standard InChI is InChI=1S/C15H17N3O/c1-18(2)11-8-6-10(7-9-11)15-14-12(16-17-15)4-3-5-13(14)19/h6-9H,3-5H2,1-2H3,(H,16,17). The molecule has 0 bridgehead atoms. The highest BCUT2D eigenvalue weighted by Gasteiger charge is 2.24. The van der Waals surface area contributed by atoms with Crippen LogP contribution in [-0.2, 0) is 6.42 Å². The molecule has 0 amide bonds. The number of Topliss-reactive ketones (excluding diaryl/α,β-unsaturated/α-hetero) is 1. The van der Waals surface area contributed by atoms with Gasteiger partial charge < -0.3 is 4.90 Å². The van der Waals surface area contributed by atoms with Crippen LogP contribution in [0.15, 0.2) is 24.3 Å². The first kappa shape index (κ1) is 12.0. The van der Waals surface area contributed by atoms with E-state index in [9.17, 15) is 4.79 Å². The predicted octanol–water partition coefficient (Wildman–Crippen LogP) is 2.66. The van der Waals surface area contributed by atoms with Crippen molar-refractivity contribution in [3.63, 3.8) is 0 Å². The van der Waals surface area contributed by atoms with Crippen LogP contribution in [0.2, 0.25) is 0 Å². The molecule has 1 N–H and O–H groups in total. The average Bonchev–Trinajstić information content (AvgIpc) is 2.84. The second kappa shape index (κ2) is 4.53. The molecule has 0 unspecified atom stereocenters. The first-order valence-corrected chi connectivity index (χ1v) is 6.55. The lowest BCUT2D eigenvalue weighted by atomic mass is 9.92. The summed E-state index contributed by atoms with van der Waals surface area (Å²) in [6.45, 7) is 0. The average molecular weight is 255 g/mol. The fourth-order valence-electron chi connectivity index (χ4n) is 2.54. The topological polar surface area (TPSA) is 49.0 Å². The summed E-state index contributed by atoms with van der Waals surface area (Å²) in [6, 6.07) is 8.13. The fourth-order valence-corrected chi connectivity index (χ4v) is 2.54. The minimum Gasteiger partial charge on any atom is -0.378 e. The first-order valence-electron chi connectivity index (χ1n) is 6.55. The van der Waals surface area contributed by atoms with Crippen LogP contribution in [0.1, 0.15) is 28.9 Å². The molecule has 1 aliphatic carbocycles. The van der Waals surface area contributed by atoms with Crippen LogP contribution in [-0.4, -0.2) is 30.1 Å². The molecule has 0 spiro atoms. The zero-order valence-electron chi connectivity index (χ0n) is 11.2. The second-order valence-corrected chi connectivity index (χ2v) is 5.14. The third-order valence-electron chi connectivity index (χ3n) is 3.61. The normalized spacial score (nSPS) is 14.3. The number of aromatic amines is 1. The first-order chi connectivity index (χ1) is 9.16. The summed E-state index contributed by atoms with van der Waals surface area (Å²) in [5.74, 6) is 0.210. The number of hydrogen-bond acceptors (Lipinski definition) is 3. The minimum absolute atomic E-state index is 0.210. The Morgan fingerprint density at radius 1 is 1.16 bits per heavy atom. The molecule has 0 atom stereocenters. The van der Waals surface area contributed by atoms with E-state index in [0.717, 1.165) is 41.0 Å². The lowest BCUT2D eigenvalue weighted by molar-refractivity contribution is 0.0973. The quantitative estimate of drug-likeness (QED) is 0.897. The Balaban J connectivity index is 2.03. The van der Waals surface area contributed by atoms with Gasteiger partial charge in [0, 0.05) is 37.5 Å². The molecule has 19 heavy (non-hydrogen) atoms. The van der Waals surface area contributed by atoms with E-state index in [0.29, 0.717) is 6.42 Å². The van der Waals surface area contributed by atoms with Crippen molar-refractivity contribution in [3.8, 4) is 11.3 Å². The molecule has 4 heteroatoms. The third kappa shape index (κ3) is 2.03. The molecule has 1 heterocycles. The van der Waals surface area contributed by atoms with Gasteiger partial charge in [-0.3, -0.25) is 9.89 Å². The van der Waals surface area contributed by atoms with E-state index >= 15 is 0 Å². The van der Waals surface area contributed by atoms with Gasteiger partial charge in [-0.1, -0.05) is 12.1 Å². The Bertz CT molecular complexity index is 611. The molecule has 1 aromatic heterocycles. The van der Waals surface area contributed by atoms with Crippen molar-refractivity contribution < 1.29 is 4.79 Å². The smallest absolute Gasteiger partial charge is 0.166 e. The molecule has 0 aliphatic heterocycles. The van der Waals surface area contributed by atoms with Crippen molar-refractivity contribution in [1.29, 1.82) is 0 Å². The van der Waals surface area contributed by atoms with E-state index in [2.05, 4.69) is 15.1 Å². The SMILES string of the molecule is CN(C)c1ccc(-c2n[nH]c3c2C(=O)CCC3)cc1. The van der Waals surface area contributed by atoms with Gasteiger partial charge in [-0.25, -0.2) is 0 Å². The van der Waals surface area contributed by atoms with E-state index in [-0.39, 0.29) is 5.78 Å². The highest BCUT2D eigenvalue weighted by Crippen LogP contribution is 2.30. The molecule has 98 valence electrons. The number of carbonyl (C=O) groups excluding carboxylic acids is 1. The van der Waals surface area contributed by atoms with Crippen LogP contribution in [0.5, 0.6) is 0 Å². The number of hydrogen-bond donors (Lipinski definition) is 1. The van der Waals surface area contributed by atoms with E-state index in [4.69, 9.17) is 0 Å². The molecule has 0 fully saturated rings. The van der Waals surface area contributed by atoms with Crippen LogP contribution in [0.4, 0.5) is 5.69 Å². The number of anilines is 1. The number of benzene rings is 1. The summed E-state index contributed by atoms with van der Waals surface area (Å²) < 4.78 is 0. The summed E-state index contributed by atoms with van der Waals surface area (Å²) in [7, 11) is 4.02. The van der Waals surface area contributed by atoms with E-state index < -0.39 is 0 Å². The number of nitrogens with zero attached hydrogens (tertiary/aromatic N) is 2. The molecule has 0 radical (unpaired) electrons. The van der Waals surface area contributed by atoms with Crippen molar-refractivity contribution in [3.05, 3.63) is 35.5 Å². The fraction of sp³-hybridized carbons (Fsp3) is 0.333. The summed E-state index contributed by atoms with van der Waals surface area (Å²) in [6.07, 6.45) is 2.48. The highest BCUT2D eigenvalue weighted by molar-refractivity contribution is 6.03. The van der Waals surface area contributed by atoms with Gasteiger partial charge in [0.1, 0.15) is 5.69 Å². The van der Waals surface area contributed by atoms with Crippen molar-refractivity contribution in [1.82, 2.24) is 10.2 Å². The lowest BCUT2D eigenvalue weighted by Gasteiger charge is -2.13. The summed E-state index contributed by atoms with van der Waals surface area (Å²) >= 11 is 0. The summed E-state index contributed by atoms with van der Waals surface area (Å²) in [5, 5.41) is 7.34. The van der Waals surface area contributed by atoms with Crippen molar-refractivity contribution >= 4 is 11.5 Å². The lowest BCUT2D eigenvalue weighted by Crippen LogP contribution is -2.10. The molecule has 4 nitrogen and oxygen atoms in total. The molecule has 1 aliphatic rings. The van der Waals surface area contributed by atoms with Gasteiger partial charge in [0.15, 0.2) is 5.78 Å². The van der Waals surface area contributed by atoms with Gasteiger partial charge in [0.05, 0.1) is 5.56 Å². The predicted molar refractivity (Wildman–Crippen MR) is 75.6 cm³/mol. The molecule has 0 saturated carbocycles. The van der Waals surface area contributed by atoms with E-state index in [1.54, 1.807) is 0 Å². The van der Waals surface area contributed by atoms with Crippen LogP contribution in [0, 0.1) is 0 Å². The minimum atomic E-state index is 0.210.